The van der Waals surface area contributed by atoms with Crippen LogP contribution in [0.4, 0.5) is 0 Å². The van der Waals surface area contributed by atoms with Gasteiger partial charge in [0, 0.05) is 13.1 Å². The van der Waals surface area contributed by atoms with Crippen molar-refractivity contribution < 1.29 is 19.1 Å². The van der Waals surface area contributed by atoms with Crippen molar-refractivity contribution in [1.82, 2.24) is 10.6 Å². The summed E-state index contributed by atoms with van der Waals surface area (Å²) in [7, 11) is 0. The van der Waals surface area contributed by atoms with Gasteiger partial charge in [0.15, 0.2) is 13.2 Å². The molecule has 2 amide bonds. The van der Waals surface area contributed by atoms with Gasteiger partial charge in [0.25, 0.3) is 11.8 Å². The number of nitrogens with one attached hydrogen (secondary N) is 2. The minimum atomic E-state index is -0.229. The van der Waals surface area contributed by atoms with Crippen molar-refractivity contribution in [2.45, 2.75) is 34.1 Å². The van der Waals surface area contributed by atoms with Gasteiger partial charge in [0.1, 0.15) is 11.5 Å². The molecule has 0 unspecified atom stereocenters. The third-order valence-electron chi connectivity index (χ3n) is 4.70. The average molecular weight is 399 g/mol. The molecular weight excluding hydrogens is 368 g/mol. The second-order valence-corrected chi connectivity index (χ2v) is 6.89. The Labute approximate surface area is 172 Å². The summed E-state index contributed by atoms with van der Waals surface area (Å²) < 4.78 is 11.2. The number of rotatable bonds is 10. The second-order valence-electron chi connectivity index (χ2n) is 6.89. The Bertz CT molecular complexity index is 849. The minimum Gasteiger partial charge on any atom is -0.483 e. The molecule has 0 fully saturated rings. The molecule has 0 bridgehead atoms. The first-order valence-corrected chi connectivity index (χ1v) is 9.86. The Kier molecular flexibility index (Phi) is 8.52. The fourth-order valence-corrected chi connectivity index (χ4v) is 2.87. The van der Waals surface area contributed by atoms with E-state index in [0.717, 1.165) is 40.2 Å². The van der Waals surface area contributed by atoms with E-state index in [2.05, 4.69) is 10.6 Å². The molecule has 29 heavy (non-hydrogen) atoms. The second kappa shape index (κ2) is 11.1. The molecule has 0 saturated heterocycles. The number of hydrogen-bond donors (Lipinski definition) is 2. The summed E-state index contributed by atoms with van der Waals surface area (Å²) in [6, 6.07) is 11.7. The molecule has 2 aromatic carbocycles. The van der Waals surface area contributed by atoms with Crippen LogP contribution in [-0.2, 0) is 16.0 Å². The first kappa shape index (κ1) is 22.3. The molecule has 0 spiro atoms. The lowest BCUT2D eigenvalue weighted by atomic mass is 10.1. The Morgan fingerprint density at radius 1 is 0.828 bits per heavy atom. The van der Waals surface area contributed by atoms with Crippen molar-refractivity contribution in [2.24, 2.45) is 0 Å². The first-order chi connectivity index (χ1) is 13.9. The smallest absolute Gasteiger partial charge is 0.258 e. The predicted octanol–water partition coefficient (Wildman–Crippen LogP) is 2.86. The van der Waals surface area contributed by atoms with Crippen LogP contribution in [0.1, 0.15) is 29.2 Å². The molecular formula is C23H30N2O4. The molecule has 0 aliphatic carbocycles. The van der Waals surface area contributed by atoms with Crippen LogP contribution in [-0.4, -0.2) is 38.1 Å². The van der Waals surface area contributed by atoms with E-state index in [1.165, 1.54) is 0 Å². The van der Waals surface area contributed by atoms with Crippen LogP contribution in [0, 0.1) is 20.8 Å². The fourth-order valence-electron chi connectivity index (χ4n) is 2.87. The van der Waals surface area contributed by atoms with E-state index in [1.54, 1.807) is 0 Å². The van der Waals surface area contributed by atoms with Crippen molar-refractivity contribution in [2.75, 3.05) is 26.3 Å². The van der Waals surface area contributed by atoms with E-state index in [4.69, 9.17) is 9.47 Å². The molecule has 0 aliphatic heterocycles. The van der Waals surface area contributed by atoms with Crippen LogP contribution >= 0.6 is 0 Å². The lowest BCUT2D eigenvalue weighted by molar-refractivity contribution is -0.124. The average Bonchev–Trinajstić information content (AvgIpc) is 2.72. The van der Waals surface area contributed by atoms with Gasteiger partial charge in [-0.2, -0.15) is 0 Å². The molecule has 0 atom stereocenters. The van der Waals surface area contributed by atoms with Crippen LogP contribution in [0.15, 0.2) is 36.4 Å². The molecule has 0 saturated carbocycles. The molecule has 2 N–H and O–H groups in total. The predicted molar refractivity (Wildman–Crippen MR) is 113 cm³/mol. The van der Waals surface area contributed by atoms with Crippen LogP contribution in [0.5, 0.6) is 11.5 Å². The van der Waals surface area contributed by atoms with Gasteiger partial charge in [0.05, 0.1) is 0 Å². The zero-order chi connectivity index (χ0) is 21.2. The van der Waals surface area contributed by atoms with Crippen LogP contribution < -0.4 is 20.1 Å². The summed E-state index contributed by atoms with van der Waals surface area (Å²) in [5.41, 5.74) is 4.22. The van der Waals surface area contributed by atoms with Crippen molar-refractivity contribution >= 4 is 11.8 Å². The lowest BCUT2D eigenvalue weighted by Gasteiger charge is -2.14. The largest absolute Gasteiger partial charge is 0.483 e. The van der Waals surface area contributed by atoms with Gasteiger partial charge in [0.2, 0.25) is 0 Å². The number of carbonyl (C=O) groups is 2. The number of ether oxygens (including phenoxy) is 2. The van der Waals surface area contributed by atoms with E-state index in [-0.39, 0.29) is 25.0 Å². The topological polar surface area (TPSA) is 76.7 Å². The zero-order valence-electron chi connectivity index (χ0n) is 17.6. The van der Waals surface area contributed by atoms with Crippen molar-refractivity contribution in [3.8, 4) is 11.5 Å². The van der Waals surface area contributed by atoms with Gasteiger partial charge in [-0.3, -0.25) is 9.59 Å². The summed E-state index contributed by atoms with van der Waals surface area (Å²) in [5.74, 6) is 1.01. The summed E-state index contributed by atoms with van der Waals surface area (Å²) >= 11 is 0. The molecule has 0 aliphatic rings. The van der Waals surface area contributed by atoms with Crippen LogP contribution in [0.3, 0.4) is 0 Å². The van der Waals surface area contributed by atoms with E-state index in [1.807, 2.05) is 64.1 Å². The highest BCUT2D eigenvalue weighted by molar-refractivity contribution is 5.78. The highest BCUT2D eigenvalue weighted by Gasteiger charge is 2.09. The number of benzene rings is 2. The standard InChI is InChI=1S/C23H30N2O4/c1-5-19-8-6-7-9-20(19)28-14-21(26)24-12-13-25-22(27)15-29-23-17(3)11-10-16(2)18(23)4/h6-11H,5,12-15H2,1-4H3,(H,24,26)(H,25,27). The van der Waals surface area contributed by atoms with Crippen molar-refractivity contribution in [3.63, 3.8) is 0 Å². The van der Waals surface area contributed by atoms with Crippen molar-refractivity contribution in [3.05, 3.63) is 58.7 Å². The minimum absolute atomic E-state index is 0.0556. The monoisotopic (exact) mass is 398 g/mol. The number of carbonyl (C=O) groups excluding carboxylic acids is 2. The Hall–Kier alpha value is -3.02. The van der Waals surface area contributed by atoms with E-state index in [9.17, 15) is 9.59 Å². The molecule has 0 heterocycles. The van der Waals surface area contributed by atoms with Gasteiger partial charge in [-0.25, -0.2) is 0 Å². The maximum absolute atomic E-state index is 12.0. The van der Waals surface area contributed by atoms with Crippen molar-refractivity contribution in [1.29, 1.82) is 0 Å². The van der Waals surface area contributed by atoms with Gasteiger partial charge in [-0.05, 0) is 55.5 Å². The van der Waals surface area contributed by atoms with E-state index < -0.39 is 0 Å². The number of amides is 2. The molecule has 2 aromatic rings. The third-order valence-corrected chi connectivity index (χ3v) is 4.70. The maximum atomic E-state index is 12.0. The van der Waals surface area contributed by atoms with Gasteiger partial charge in [-0.15, -0.1) is 0 Å². The van der Waals surface area contributed by atoms with E-state index in [0.29, 0.717) is 13.1 Å². The van der Waals surface area contributed by atoms with Crippen LogP contribution in [0.25, 0.3) is 0 Å². The molecule has 156 valence electrons. The van der Waals surface area contributed by atoms with Gasteiger partial charge in [-0.1, -0.05) is 37.3 Å². The summed E-state index contributed by atoms with van der Waals surface area (Å²) in [4.78, 5) is 23.9. The summed E-state index contributed by atoms with van der Waals surface area (Å²) in [6.07, 6.45) is 0.841. The highest BCUT2D eigenvalue weighted by atomic mass is 16.5. The number of hydrogen-bond acceptors (Lipinski definition) is 4. The Morgan fingerprint density at radius 3 is 2.07 bits per heavy atom. The van der Waals surface area contributed by atoms with Gasteiger partial charge >= 0.3 is 0 Å². The quantitative estimate of drug-likeness (QED) is 0.604. The molecule has 6 nitrogen and oxygen atoms in total. The van der Waals surface area contributed by atoms with Crippen LogP contribution in [0.2, 0.25) is 0 Å². The Morgan fingerprint density at radius 2 is 1.41 bits per heavy atom. The zero-order valence-corrected chi connectivity index (χ0v) is 17.6. The molecule has 0 aromatic heterocycles. The maximum Gasteiger partial charge on any atom is 0.258 e. The highest BCUT2D eigenvalue weighted by Crippen LogP contribution is 2.25. The Balaban J connectivity index is 1.65. The first-order valence-electron chi connectivity index (χ1n) is 9.86. The summed E-state index contributed by atoms with van der Waals surface area (Å²) in [6.45, 7) is 8.51. The molecule has 2 rings (SSSR count). The third kappa shape index (κ3) is 6.82. The van der Waals surface area contributed by atoms with Gasteiger partial charge < -0.3 is 20.1 Å². The number of para-hydroxylation sites is 1. The molecule has 6 heteroatoms. The normalized spacial score (nSPS) is 10.3. The molecule has 0 radical (unpaired) electrons. The fraction of sp³-hybridized carbons (Fsp3) is 0.391. The number of aryl methyl sites for hydroxylation is 3. The lowest BCUT2D eigenvalue weighted by Crippen LogP contribution is -2.38. The SMILES string of the molecule is CCc1ccccc1OCC(=O)NCCNC(=O)COc1c(C)ccc(C)c1C. The summed E-state index contributed by atoms with van der Waals surface area (Å²) in [5, 5.41) is 5.46. The van der Waals surface area contributed by atoms with E-state index >= 15 is 0 Å².